The maximum Gasteiger partial charge on any atom is 0.272 e. The molecule has 2 aromatic rings. The van der Waals surface area contributed by atoms with Gasteiger partial charge in [-0.15, -0.1) is 0 Å². The molecular weight excluding hydrogens is 412 g/mol. The molecule has 170 valence electrons. The number of allylic oxidation sites excluding steroid dienone is 3. The summed E-state index contributed by atoms with van der Waals surface area (Å²) in [4.78, 5) is 23.1. The highest BCUT2D eigenvalue weighted by atomic mass is 16.5. The minimum absolute atomic E-state index is 0.172. The van der Waals surface area contributed by atoms with Crippen molar-refractivity contribution in [3.05, 3.63) is 60.0 Å². The summed E-state index contributed by atoms with van der Waals surface area (Å²) in [6.07, 6.45) is 7.78. The molecule has 32 heavy (non-hydrogen) atoms. The van der Waals surface area contributed by atoms with E-state index >= 15 is 0 Å². The van der Waals surface area contributed by atoms with Crippen LogP contribution in [0.3, 0.4) is 0 Å². The Labute approximate surface area is 186 Å². The highest BCUT2D eigenvalue weighted by molar-refractivity contribution is 5.93. The number of nitrogens with two attached hydrogens (primary N) is 3. The summed E-state index contributed by atoms with van der Waals surface area (Å²) in [6.45, 7) is 1.14. The van der Waals surface area contributed by atoms with E-state index in [2.05, 4.69) is 9.97 Å². The fraction of sp³-hybridized carbons (Fsp3) is 0.318. The van der Waals surface area contributed by atoms with Gasteiger partial charge in [-0.3, -0.25) is 4.79 Å². The summed E-state index contributed by atoms with van der Waals surface area (Å²) in [6, 6.07) is 4.97. The highest BCUT2D eigenvalue weighted by Crippen LogP contribution is 2.32. The van der Waals surface area contributed by atoms with Crippen molar-refractivity contribution in [3.63, 3.8) is 0 Å². The van der Waals surface area contributed by atoms with E-state index in [1.807, 2.05) is 0 Å². The topological polar surface area (TPSA) is 152 Å². The van der Waals surface area contributed by atoms with Crippen LogP contribution in [-0.2, 0) is 0 Å². The predicted molar refractivity (Wildman–Crippen MR) is 119 cm³/mol. The van der Waals surface area contributed by atoms with E-state index < -0.39 is 0 Å². The number of rotatable bonds is 7. The van der Waals surface area contributed by atoms with Crippen molar-refractivity contribution < 1.29 is 19.0 Å². The first-order valence-electron chi connectivity index (χ1n) is 10.1. The number of pyridine rings is 2. The minimum Gasteiger partial charge on any atom is -0.493 e. The van der Waals surface area contributed by atoms with Crippen molar-refractivity contribution in [2.24, 2.45) is 23.1 Å². The number of ether oxygens (including phenoxy) is 3. The molecule has 0 unspecified atom stereocenters. The van der Waals surface area contributed by atoms with E-state index in [0.717, 1.165) is 12.8 Å². The number of carbonyl (C=O) groups excluding carboxylic acids is 1. The average Bonchev–Trinajstić information content (AvgIpc) is 2.82. The Hall–Kier alpha value is -3.95. The van der Waals surface area contributed by atoms with E-state index in [9.17, 15) is 4.79 Å². The molecule has 0 radical (unpaired) electrons. The van der Waals surface area contributed by atoms with Crippen LogP contribution in [0.15, 0.2) is 54.3 Å². The zero-order chi connectivity index (χ0) is 23.1. The van der Waals surface area contributed by atoms with E-state index in [0.29, 0.717) is 41.9 Å². The van der Waals surface area contributed by atoms with Gasteiger partial charge in [-0.25, -0.2) is 9.97 Å². The normalized spacial score (nSPS) is 14.6. The maximum atomic E-state index is 13.0. The number of hydrogen-bond acceptors (Lipinski definition) is 9. The van der Waals surface area contributed by atoms with Gasteiger partial charge in [0.1, 0.15) is 11.4 Å². The second-order valence-corrected chi connectivity index (χ2v) is 7.26. The van der Waals surface area contributed by atoms with Gasteiger partial charge in [-0.2, -0.15) is 0 Å². The lowest BCUT2D eigenvalue weighted by atomic mass is 9.93. The standard InChI is InChI=1S/C22H28N6O4/c1-30-18-11-17(26-13-19(18)32-15-3-6-21(31-2)27-12-15)22(29)28-9-7-14(8-10-28)16(23)4-5-20(24)25/h3-6,11-14H,7-10,23-25H2,1-2H3/b16-4-. The van der Waals surface area contributed by atoms with Crippen molar-refractivity contribution >= 4 is 5.91 Å². The Bertz CT molecular complexity index is 994. The molecule has 6 N–H and O–H groups in total. The van der Waals surface area contributed by atoms with Crippen molar-refractivity contribution in [1.29, 1.82) is 0 Å². The Balaban J connectivity index is 1.66. The van der Waals surface area contributed by atoms with Crippen molar-refractivity contribution in [2.45, 2.75) is 12.8 Å². The molecule has 0 saturated carbocycles. The Kier molecular flexibility index (Phi) is 7.37. The monoisotopic (exact) mass is 440 g/mol. The Morgan fingerprint density at radius 2 is 1.78 bits per heavy atom. The first-order valence-corrected chi connectivity index (χ1v) is 10.1. The number of likely N-dealkylation sites (tertiary alicyclic amines) is 1. The molecule has 10 heteroatoms. The smallest absolute Gasteiger partial charge is 0.272 e. The molecule has 10 nitrogen and oxygen atoms in total. The third kappa shape index (κ3) is 5.60. The van der Waals surface area contributed by atoms with Crippen LogP contribution < -0.4 is 31.4 Å². The third-order valence-corrected chi connectivity index (χ3v) is 5.14. The van der Waals surface area contributed by atoms with Crippen molar-refractivity contribution in [1.82, 2.24) is 14.9 Å². The summed E-state index contributed by atoms with van der Waals surface area (Å²) in [5.41, 5.74) is 18.0. The number of aromatic nitrogens is 2. The average molecular weight is 441 g/mol. The van der Waals surface area contributed by atoms with Crippen LogP contribution in [-0.4, -0.2) is 48.1 Å². The predicted octanol–water partition coefficient (Wildman–Crippen LogP) is 1.74. The lowest BCUT2D eigenvalue weighted by molar-refractivity contribution is 0.0695. The largest absolute Gasteiger partial charge is 0.493 e. The van der Waals surface area contributed by atoms with E-state index in [1.165, 1.54) is 26.6 Å². The SMILES string of the molecule is COc1ccc(Oc2cnc(C(=O)N3CCC(/C(N)=C/C=C(N)N)CC3)cc2OC)cn1. The van der Waals surface area contributed by atoms with E-state index in [1.54, 1.807) is 35.3 Å². The Morgan fingerprint density at radius 1 is 1.03 bits per heavy atom. The van der Waals surface area contributed by atoms with Gasteiger partial charge in [-0.1, -0.05) is 0 Å². The van der Waals surface area contributed by atoms with Gasteiger partial charge in [0, 0.05) is 36.8 Å². The van der Waals surface area contributed by atoms with Gasteiger partial charge < -0.3 is 36.3 Å². The van der Waals surface area contributed by atoms with Gasteiger partial charge in [0.25, 0.3) is 5.91 Å². The zero-order valence-electron chi connectivity index (χ0n) is 18.2. The lowest BCUT2D eigenvalue weighted by Gasteiger charge is -2.32. The number of piperidine rings is 1. The van der Waals surface area contributed by atoms with Gasteiger partial charge in [0.2, 0.25) is 5.88 Å². The van der Waals surface area contributed by atoms with Crippen molar-refractivity contribution in [2.75, 3.05) is 27.3 Å². The zero-order valence-corrected chi connectivity index (χ0v) is 18.2. The lowest BCUT2D eigenvalue weighted by Crippen LogP contribution is -2.39. The van der Waals surface area contributed by atoms with Crippen LogP contribution >= 0.6 is 0 Å². The molecule has 3 heterocycles. The van der Waals surface area contributed by atoms with Gasteiger partial charge in [0.15, 0.2) is 11.5 Å². The van der Waals surface area contributed by atoms with Gasteiger partial charge >= 0.3 is 0 Å². The number of carbonyl (C=O) groups is 1. The van der Waals surface area contributed by atoms with Crippen LogP contribution in [0.25, 0.3) is 0 Å². The molecule has 1 aliphatic heterocycles. The number of hydrogen-bond donors (Lipinski definition) is 3. The van der Waals surface area contributed by atoms with Crippen LogP contribution in [0, 0.1) is 5.92 Å². The second-order valence-electron chi connectivity index (χ2n) is 7.26. The van der Waals surface area contributed by atoms with Crippen LogP contribution in [0.4, 0.5) is 0 Å². The van der Waals surface area contributed by atoms with E-state index in [-0.39, 0.29) is 23.3 Å². The molecule has 1 amide bonds. The number of amides is 1. The molecular formula is C22H28N6O4. The number of methoxy groups -OCH3 is 2. The first kappa shape index (κ1) is 22.7. The molecule has 1 aliphatic rings. The highest BCUT2D eigenvalue weighted by Gasteiger charge is 2.26. The summed E-state index contributed by atoms with van der Waals surface area (Å²) in [5, 5.41) is 0. The third-order valence-electron chi connectivity index (χ3n) is 5.14. The van der Waals surface area contributed by atoms with Crippen LogP contribution in [0.2, 0.25) is 0 Å². The molecule has 2 aromatic heterocycles. The number of nitrogens with zero attached hydrogens (tertiary/aromatic N) is 3. The molecule has 0 bridgehead atoms. The van der Waals surface area contributed by atoms with Crippen molar-refractivity contribution in [3.8, 4) is 23.1 Å². The summed E-state index contributed by atoms with van der Waals surface area (Å²) in [7, 11) is 3.04. The van der Waals surface area contributed by atoms with Gasteiger partial charge in [-0.05, 0) is 31.1 Å². The molecule has 3 rings (SSSR count). The summed E-state index contributed by atoms with van der Waals surface area (Å²) < 4.78 is 16.2. The molecule has 1 saturated heterocycles. The van der Waals surface area contributed by atoms with Crippen LogP contribution in [0.5, 0.6) is 23.1 Å². The van der Waals surface area contributed by atoms with Gasteiger partial charge in [0.05, 0.1) is 32.4 Å². The fourth-order valence-corrected chi connectivity index (χ4v) is 3.36. The molecule has 0 atom stereocenters. The fourth-order valence-electron chi connectivity index (χ4n) is 3.36. The summed E-state index contributed by atoms with van der Waals surface area (Å²) in [5.74, 6) is 1.94. The quantitative estimate of drug-likeness (QED) is 0.547. The second kappa shape index (κ2) is 10.4. The first-order chi connectivity index (χ1) is 15.4. The molecule has 0 aliphatic carbocycles. The van der Waals surface area contributed by atoms with E-state index in [4.69, 9.17) is 31.4 Å². The summed E-state index contributed by atoms with van der Waals surface area (Å²) >= 11 is 0. The van der Waals surface area contributed by atoms with Crippen LogP contribution in [0.1, 0.15) is 23.3 Å². The maximum absolute atomic E-state index is 13.0. The molecule has 0 aromatic carbocycles. The Morgan fingerprint density at radius 3 is 2.38 bits per heavy atom. The molecule has 0 spiro atoms. The molecule has 1 fully saturated rings. The minimum atomic E-state index is -0.173.